The van der Waals surface area contributed by atoms with Crippen LogP contribution in [0.1, 0.15) is 34.2 Å². The van der Waals surface area contributed by atoms with Gasteiger partial charge in [-0.3, -0.25) is 14.4 Å². The number of aryl methyl sites for hydroxylation is 3. The molecule has 0 unspecified atom stereocenters. The zero-order valence-corrected chi connectivity index (χ0v) is 19.5. The maximum absolute atomic E-state index is 12.9. The molecule has 0 aliphatic carbocycles. The van der Waals surface area contributed by atoms with Crippen LogP contribution in [0.3, 0.4) is 0 Å². The van der Waals surface area contributed by atoms with Gasteiger partial charge in [0, 0.05) is 57.2 Å². The van der Waals surface area contributed by atoms with Crippen LogP contribution in [0.5, 0.6) is 5.75 Å². The molecule has 1 saturated heterocycles. The highest BCUT2D eigenvalue weighted by Gasteiger charge is 2.24. The van der Waals surface area contributed by atoms with Crippen LogP contribution in [-0.2, 0) is 19.8 Å². The van der Waals surface area contributed by atoms with E-state index in [1.807, 2.05) is 35.6 Å². The summed E-state index contributed by atoms with van der Waals surface area (Å²) in [7, 11) is 0. The maximum Gasteiger partial charge on any atom is 0.274 e. The van der Waals surface area contributed by atoms with Crippen molar-refractivity contribution in [2.24, 2.45) is 0 Å². The first-order valence-corrected chi connectivity index (χ1v) is 11.3. The van der Waals surface area contributed by atoms with Gasteiger partial charge in [-0.1, -0.05) is 17.7 Å². The van der Waals surface area contributed by atoms with Gasteiger partial charge in [-0.2, -0.15) is 10.2 Å². The molecule has 0 spiro atoms. The molecule has 8 nitrogen and oxygen atoms in total. The highest BCUT2D eigenvalue weighted by Crippen LogP contribution is 2.25. The van der Waals surface area contributed by atoms with E-state index in [2.05, 4.69) is 28.2 Å². The predicted molar refractivity (Wildman–Crippen MR) is 123 cm³/mol. The molecule has 1 aromatic carbocycles. The minimum Gasteiger partial charge on any atom is -0.470 e. The maximum atomic E-state index is 12.9. The first kappa shape index (κ1) is 22.4. The van der Waals surface area contributed by atoms with Crippen molar-refractivity contribution >= 4 is 17.5 Å². The molecule has 2 aromatic heterocycles. The van der Waals surface area contributed by atoms with Crippen molar-refractivity contribution in [3.05, 3.63) is 64.2 Å². The Labute approximate surface area is 193 Å². The van der Waals surface area contributed by atoms with Crippen LogP contribution in [0.4, 0.5) is 0 Å². The Morgan fingerprint density at radius 3 is 2.59 bits per heavy atom. The van der Waals surface area contributed by atoms with Gasteiger partial charge >= 0.3 is 0 Å². The smallest absolute Gasteiger partial charge is 0.274 e. The molecule has 0 saturated carbocycles. The third-order valence-corrected chi connectivity index (χ3v) is 6.04. The van der Waals surface area contributed by atoms with Gasteiger partial charge in [-0.05, 0) is 44.5 Å². The standard InChI is InChI=1S/C23H29ClN6O2/c1-4-29-15-19(18(3)25-29)14-27-9-11-28(12-10-27)23(31)21-7-8-30(26-21)16-32-22-13-17(2)5-6-20(22)24/h5-8,13,15H,4,9-12,14,16H2,1-3H3. The van der Waals surface area contributed by atoms with Crippen molar-refractivity contribution in [3.8, 4) is 5.75 Å². The van der Waals surface area contributed by atoms with Crippen LogP contribution < -0.4 is 4.74 Å². The summed E-state index contributed by atoms with van der Waals surface area (Å²) in [5.41, 5.74) is 3.82. The van der Waals surface area contributed by atoms with Crippen LogP contribution in [0.25, 0.3) is 0 Å². The first-order chi connectivity index (χ1) is 15.4. The van der Waals surface area contributed by atoms with Crippen molar-refractivity contribution in [1.82, 2.24) is 29.4 Å². The molecule has 0 N–H and O–H groups in total. The van der Waals surface area contributed by atoms with Crippen molar-refractivity contribution in [3.63, 3.8) is 0 Å². The molecule has 1 aliphatic rings. The molecule has 1 amide bonds. The van der Waals surface area contributed by atoms with Gasteiger partial charge in [0.1, 0.15) is 5.75 Å². The average Bonchev–Trinajstić information content (AvgIpc) is 3.41. The number of carbonyl (C=O) groups is 1. The molecular weight excluding hydrogens is 428 g/mol. The number of hydrogen-bond donors (Lipinski definition) is 0. The van der Waals surface area contributed by atoms with Gasteiger partial charge in [0.2, 0.25) is 0 Å². The normalized spacial score (nSPS) is 14.7. The van der Waals surface area contributed by atoms with Crippen molar-refractivity contribution in [1.29, 1.82) is 0 Å². The summed E-state index contributed by atoms with van der Waals surface area (Å²) < 4.78 is 9.34. The Balaban J connectivity index is 1.29. The molecule has 4 rings (SSSR count). The van der Waals surface area contributed by atoms with Crippen LogP contribution in [-0.4, -0.2) is 61.4 Å². The second-order valence-corrected chi connectivity index (χ2v) is 8.52. The summed E-state index contributed by atoms with van der Waals surface area (Å²) in [6.07, 6.45) is 3.87. The SMILES string of the molecule is CCn1cc(CN2CCN(C(=O)c3ccn(COc4cc(C)ccc4Cl)n3)CC2)c(C)n1. The molecule has 170 valence electrons. The van der Waals surface area contributed by atoms with Crippen LogP contribution in [0, 0.1) is 13.8 Å². The number of ether oxygens (including phenoxy) is 1. The lowest BCUT2D eigenvalue weighted by Gasteiger charge is -2.34. The van der Waals surface area contributed by atoms with E-state index in [0.29, 0.717) is 29.6 Å². The summed E-state index contributed by atoms with van der Waals surface area (Å²) in [6, 6.07) is 7.35. The summed E-state index contributed by atoms with van der Waals surface area (Å²) in [6.45, 7) is 11.1. The van der Waals surface area contributed by atoms with Crippen molar-refractivity contribution in [2.45, 2.75) is 40.6 Å². The second-order valence-electron chi connectivity index (χ2n) is 8.11. The fourth-order valence-corrected chi connectivity index (χ4v) is 3.96. The Morgan fingerprint density at radius 2 is 1.88 bits per heavy atom. The van der Waals surface area contributed by atoms with E-state index in [0.717, 1.165) is 37.4 Å². The Bertz CT molecular complexity index is 1080. The number of rotatable bonds is 7. The Kier molecular flexibility index (Phi) is 6.81. The van der Waals surface area contributed by atoms with Gasteiger partial charge in [-0.25, -0.2) is 4.68 Å². The number of aromatic nitrogens is 4. The molecular formula is C23H29ClN6O2. The lowest BCUT2D eigenvalue weighted by atomic mass is 10.2. The summed E-state index contributed by atoms with van der Waals surface area (Å²) in [5, 5.41) is 9.47. The van der Waals surface area contributed by atoms with Gasteiger partial charge in [-0.15, -0.1) is 0 Å². The third kappa shape index (κ3) is 5.14. The molecule has 32 heavy (non-hydrogen) atoms. The van der Waals surface area contributed by atoms with E-state index >= 15 is 0 Å². The highest BCUT2D eigenvalue weighted by atomic mass is 35.5. The Hall–Kier alpha value is -2.84. The molecule has 9 heteroatoms. The summed E-state index contributed by atoms with van der Waals surface area (Å²) >= 11 is 6.18. The average molecular weight is 457 g/mol. The minimum atomic E-state index is -0.0491. The fraction of sp³-hybridized carbons (Fsp3) is 0.435. The quantitative estimate of drug-likeness (QED) is 0.545. The van der Waals surface area contributed by atoms with E-state index in [-0.39, 0.29) is 12.6 Å². The molecule has 3 aromatic rings. The topological polar surface area (TPSA) is 68.4 Å². The fourth-order valence-electron chi connectivity index (χ4n) is 3.79. The van der Waals surface area contributed by atoms with Gasteiger partial charge in [0.15, 0.2) is 12.4 Å². The van der Waals surface area contributed by atoms with E-state index in [1.54, 1.807) is 23.0 Å². The molecule has 1 aliphatic heterocycles. The van der Waals surface area contributed by atoms with Gasteiger partial charge in [0.05, 0.1) is 10.7 Å². The van der Waals surface area contributed by atoms with E-state index in [4.69, 9.17) is 16.3 Å². The zero-order valence-electron chi connectivity index (χ0n) is 18.8. The van der Waals surface area contributed by atoms with Gasteiger partial charge in [0.25, 0.3) is 5.91 Å². The summed E-state index contributed by atoms with van der Waals surface area (Å²) in [5.74, 6) is 0.554. The monoisotopic (exact) mass is 456 g/mol. The second kappa shape index (κ2) is 9.75. The molecule has 0 bridgehead atoms. The van der Waals surface area contributed by atoms with E-state index in [9.17, 15) is 4.79 Å². The predicted octanol–water partition coefficient (Wildman–Crippen LogP) is 3.36. The number of carbonyl (C=O) groups excluding carboxylic acids is 1. The van der Waals surface area contributed by atoms with Gasteiger partial charge < -0.3 is 9.64 Å². The zero-order chi connectivity index (χ0) is 22.7. The van der Waals surface area contributed by atoms with Crippen LogP contribution in [0.15, 0.2) is 36.7 Å². The van der Waals surface area contributed by atoms with E-state index in [1.165, 1.54) is 5.56 Å². The van der Waals surface area contributed by atoms with E-state index < -0.39 is 0 Å². The largest absolute Gasteiger partial charge is 0.470 e. The minimum absolute atomic E-state index is 0.0491. The number of hydrogen-bond acceptors (Lipinski definition) is 5. The first-order valence-electron chi connectivity index (χ1n) is 10.9. The lowest BCUT2D eigenvalue weighted by molar-refractivity contribution is 0.0620. The van der Waals surface area contributed by atoms with Crippen molar-refractivity contribution in [2.75, 3.05) is 26.2 Å². The molecule has 1 fully saturated rings. The van der Waals surface area contributed by atoms with Crippen LogP contribution in [0.2, 0.25) is 5.02 Å². The number of amides is 1. The Morgan fingerprint density at radius 1 is 1.09 bits per heavy atom. The van der Waals surface area contributed by atoms with Crippen LogP contribution >= 0.6 is 11.6 Å². The third-order valence-electron chi connectivity index (χ3n) is 5.72. The van der Waals surface area contributed by atoms with Crippen molar-refractivity contribution < 1.29 is 9.53 Å². The lowest BCUT2D eigenvalue weighted by Crippen LogP contribution is -2.48. The number of halogens is 1. The number of nitrogens with zero attached hydrogens (tertiary/aromatic N) is 6. The molecule has 0 atom stereocenters. The number of piperazine rings is 1. The molecule has 3 heterocycles. The summed E-state index contributed by atoms with van der Waals surface area (Å²) in [4.78, 5) is 17.1. The highest BCUT2D eigenvalue weighted by molar-refractivity contribution is 6.32. The molecule has 0 radical (unpaired) electrons. The number of benzene rings is 1.